The van der Waals surface area contributed by atoms with E-state index in [2.05, 4.69) is 5.32 Å². The summed E-state index contributed by atoms with van der Waals surface area (Å²) in [5.41, 5.74) is 8.04. The number of nitrogens with two attached hydrogens (primary N) is 1. The Labute approximate surface area is 190 Å². The molecule has 0 aliphatic carbocycles. The number of ether oxygens (including phenoxy) is 2. The van der Waals surface area contributed by atoms with Crippen molar-refractivity contribution >= 4 is 40.5 Å². The first-order chi connectivity index (χ1) is 16.1. The van der Waals surface area contributed by atoms with Crippen molar-refractivity contribution in [3.63, 3.8) is 0 Å². The van der Waals surface area contributed by atoms with Crippen LogP contribution >= 0.6 is 0 Å². The molecule has 2 amide bonds. The maximum absolute atomic E-state index is 12.4. The molecule has 8 nitrogen and oxygen atoms in total. The summed E-state index contributed by atoms with van der Waals surface area (Å²) in [7, 11) is 1.59. The third-order valence-electron chi connectivity index (χ3n) is 5.05. The van der Waals surface area contributed by atoms with Crippen LogP contribution in [0.5, 0.6) is 11.5 Å². The molecule has 0 saturated carbocycles. The summed E-state index contributed by atoms with van der Waals surface area (Å²) in [4.78, 5) is 25.4. The molecule has 168 valence electrons. The molecular formula is C25H23N3O5. The van der Waals surface area contributed by atoms with Crippen molar-refractivity contribution in [2.24, 2.45) is 0 Å². The predicted octanol–water partition coefficient (Wildman–Crippen LogP) is 4.32. The minimum absolute atomic E-state index is 0.241. The first-order valence-electron chi connectivity index (χ1n) is 10.3. The van der Waals surface area contributed by atoms with Gasteiger partial charge in [0.05, 0.1) is 25.0 Å². The monoisotopic (exact) mass is 445 g/mol. The van der Waals surface area contributed by atoms with Gasteiger partial charge in [0.2, 0.25) is 12.3 Å². The Morgan fingerprint density at radius 1 is 1.06 bits per heavy atom. The number of hydrogen-bond acceptors (Lipinski definition) is 6. The number of methoxy groups -OCH3 is 1. The average molecular weight is 445 g/mol. The summed E-state index contributed by atoms with van der Waals surface area (Å²) in [6.07, 6.45) is 0.695. The summed E-state index contributed by atoms with van der Waals surface area (Å²) < 4.78 is 16.7. The van der Waals surface area contributed by atoms with Crippen LogP contribution in [0.4, 0.5) is 17.3 Å². The third-order valence-corrected chi connectivity index (χ3v) is 5.05. The van der Waals surface area contributed by atoms with E-state index in [9.17, 15) is 9.59 Å². The number of furan rings is 1. The van der Waals surface area contributed by atoms with E-state index in [0.29, 0.717) is 46.3 Å². The average Bonchev–Trinajstić information content (AvgIpc) is 3.26. The lowest BCUT2D eigenvalue weighted by molar-refractivity contribution is -0.107. The van der Waals surface area contributed by atoms with E-state index in [0.717, 1.165) is 5.39 Å². The van der Waals surface area contributed by atoms with Gasteiger partial charge < -0.3 is 24.9 Å². The molecule has 0 radical (unpaired) electrons. The highest BCUT2D eigenvalue weighted by Gasteiger charge is 2.13. The first kappa shape index (κ1) is 21.8. The fourth-order valence-corrected chi connectivity index (χ4v) is 3.26. The lowest BCUT2D eigenvalue weighted by Gasteiger charge is -2.14. The zero-order valence-corrected chi connectivity index (χ0v) is 18.0. The van der Waals surface area contributed by atoms with E-state index in [1.54, 1.807) is 73.8 Å². The highest BCUT2D eigenvalue weighted by atomic mass is 16.5. The number of hydrogen-bond donors (Lipinski definition) is 2. The topological polar surface area (TPSA) is 107 Å². The zero-order chi connectivity index (χ0) is 23.2. The molecule has 3 N–H and O–H groups in total. The number of rotatable bonds is 9. The molecule has 8 heteroatoms. The highest BCUT2D eigenvalue weighted by Crippen LogP contribution is 2.28. The van der Waals surface area contributed by atoms with Crippen LogP contribution in [0.2, 0.25) is 0 Å². The molecule has 3 aromatic carbocycles. The fourth-order valence-electron chi connectivity index (χ4n) is 3.26. The molecule has 4 rings (SSSR count). The van der Waals surface area contributed by atoms with Crippen LogP contribution < -0.4 is 25.4 Å². The van der Waals surface area contributed by atoms with Gasteiger partial charge in [0.1, 0.15) is 23.7 Å². The second kappa shape index (κ2) is 9.78. The van der Waals surface area contributed by atoms with Crippen LogP contribution in [-0.2, 0) is 4.79 Å². The number of amides is 2. The molecule has 0 spiro atoms. The number of anilines is 3. The number of carbonyl (C=O) groups excluding carboxylic acids is 2. The smallest absolute Gasteiger partial charge is 0.255 e. The minimum atomic E-state index is -0.270. The fraction of sp³-hybridized carbons (Fsp3) is 0.120. The van der Waals surface area contributed by atoms with Crippen LogP contribution in [0.25, 0.3) is 11.0 Å². The number of nitrogens with zero attached hydrogens (tertiary/aromatic N) is 1. The predicted molar refractivity (Wildman–Crippen MR) is 127 cm³/mol. The van der Waals surface area contributed by atoms with Gasteiger partial charge in [-0.15, -0.1) is 0 Å². The Morgan fingerprint density at radius 3 is 2.55 bits per heavy atom. The van der Waals surface area contributed by atoms with Crippen molar-refractivity contribution in [3.05, 3.63) is 78.4 Å². The summed E-state index contributed by atoms with van der Waals surface area (Å²) in [5, 5.41) is 3.62. The number of para-hydroxylation sites is 2. The van der Waals surface area contributed by atoms with Gasteiger partial charge in [0.15, 0.2) is 0 Å². The second-order valence-corrected chi connectivity index (χ2v) is 7.20. The zero-order valence-electron chi connectivity index (χ0n) is 18.0. The largest absolute Gasteiger partial charge is 0.497 e. The molecule has 1 heterocycles. The molecule has 0 aliphatic rings. The van der Waals surface area contributed by atoms with Crippen molar-refractivity contribution in [2.45, 2.75) is 0 Å². The number of nitrogens with one attached hydrogen (secondary N) is 1. The Balaban J connectivity index is 1.33. The van der Waals surface area contributed by atoms with Gasteiger partial charge in [-0.3, -0.25) is 14.5 Å². The highest BCUT2D eigenvalue weighted by molar-refractivity contribution is 6.05. The summed E-state index contributed by atoms with van der Waals surface area (Å²) in [5.74, 6) is 1.43. The Kier molecular flexibility index (Phi) is 6.45. The maximum Gasteiger partial charge on any atom is 0.255 e. The first-order valence-corrected chi connectivity index (χ1v) is 10.3. The lowest BCUT2D eigenvalue weighted by Crippen LogP contribution is -2.26. The SMILES string of the molecule is COc1ccc2oc(N(C=O)CCOc3ccc(C(=O)Nc4ccccc4N)cc3)cc2c1. The van der Waals surface area contributed by atoms with Gasteiger partial charge in [-0.05, 0) is 54.6 Å². The van der Waals surface area contributed by atoms with Crippen LogP contribution in [0.3, 0.4) is 0 Å². The summed E-state index contributed by atoms with van der Waals surface area (Å²) >= 11 is 0. The number of carbonyl (C=O) groups is 2. The van der Waals surface area contributed by atoms with Gasteiger partial charge in [-0.1, -0.05) is 12.1 Å². The molecule has 0 atom stereocenters. The van der Waals surface area contributed by atoms with Crippen molar-refractivity contribution in [2.75, 3.05) is 36.2 Å². The van der Waals surface area contributed by atoms with Crippen LogP contribution in [-0.4, -0.2) is 32.6 Å². The molecular weight excluding hydrogens is 422 g/mol. The lowest BCUT2D eigenvalue weighted by atomic mass is 10.2. The van der Waals surface area contributed by atoms with Crippen LogP contribution in [0.15, 0.2) is 77.2 Å². The Hall–Kier alpha value is -4.46. The third kappa shape index (κ3) is 5.07. The van der Waals surface area contributed by atoms with Gasteiger partial charge in [0, 0.05) is 17.0 Å². The standard InChI is InChI=1S/C25H23N3O5/c1-31-20-10-11-23-18(14-20)15-24(33-23)28(16-29)12-13-32-19-8-6-17(7-9-19)25(30)27-22-5-3-2-4-21(22)26/h2-11,14-16H,12-13,26H2,1H3,(H,27,30). The number of benzene rings is 3. The van der Waals surface area contributed by atoms with Gasteiger partial charge >= 0.3 is 0 Å². The van der Waals surface area contributed by atoms with E-state index in [4.69, 9.17) is 19.6 Å². The van der Waals surface area contributed by atoms with Gasteiger partial charge in [-0.2, -0.15) is 0 Å². The Bertz CT molecular complexity index is 1270. The summed E-state index contributed by atoms with van der Waals surface area (Å²) in [6.45, 7) is 0.529. The number of fused-ring (bicyclic) bond motifs is 1. The molecule has 4 aromatic rings. The van der Waals surface area contributed by atoms with Crippen molar-refractivity contribution in [1.29, 1.82) is 0 Å². The van der Waals surface area contributed by atoms with E-state index in [1.807, 2.05) is 6.07 Å². The molecule has 0 bridgehead atoms. The van der Waals surface area contributed by atoms with Crippen molar-refractivity contribution in [1.82, 2.24) is 0 Å². The van der Waals surface area contributed by atoms with E-state index >= 15 is 0 Å². The normalized spacial score (nSPS) is 10.6. The molecule has 0 aliphatic heterocycles. The van der Waals surface area contributed by atoms with E-state index < -0.39 is 0 Å². The van der Waals surface area contributed by atoms with Gasteiger partial charge in [0.25, 0.3) is 5.91 Å². The number of nitrogen functional groups attached to an aromatic ring is 1. The van der Waals surface area contributed by atoms with Crippen molar-refractivity contribution < 1.29 is 23.5 Å². The molecule has 1 aromatic heterocycles. The van der Waals surface area contributed by atoms with E-state index in [1.165, 1.54) is 4.90 Å². The molecule has 0 unspecified atom stereocenters. The second-order valence-electron chi connectivity index (χ2n) is 7.20. The summed E-state index contributed by atoms with van der Waals surface area (Å²) in [6, 6.07) is 21.0. The van der Waals surface area contributed by atoms with Crippen LogP contribution in [0.1, 0.15) is 10.4 Å². The maximum atomic E-state index is 12.4. The van der Waals surface area contributed by atoms with Crippen LogP contribution in [0, 0.1) is 0 Å². The Morgan fingerprint density at radius 2 is 1.82 bits per heavy atom. The minimum Gasteiger partial charge on any atom is -0.497 e. The van der Waals surface area contributed by atoms with E-state index in [-0.39, 0.29) is 19.1 Å². The van der Waals surface area contributed by atoms with Gasteiger partial charge in [-0.25, -0.2) is 0 Å². The molecule has 0 saturated heterocycles. The molecule has 33 heavy (non-hydrogen) atoms. The van der Waals surface area contributed by atoms with Crippen molar-refractivity contribution in [3.8, 4) is 11.5 Å². The quantitative estimate of drug-likeness (QED) is 0.294. The molecule has 0 fully saturated rings.